The first-order valence-electron chi connectivity index (χ1n) is 10.2. The van der Waals surface area contributed by atoms with Crippen molar-refractivity contribution >= 4 is 27.5 Å². The van der Waals surface area contributed by atoms with Crippen LogP contribution in [0.2, 0.25) is 0 Å². The van der Waals surface area contributed by atoms with Crippen molar-refractivity contribution in [1.82, 2.24) is 10.6 Å². The molecule has 146 valence electrons. The topological polar surface area (TPSA) is 61.1 Å². The maximum atomic E-state index is 7.74. The van der Waals surface area contributed by atoms with Crippen LogP contribution in [0.4, 0.5) is 0 Å². The van der Waals surface area contributed by atoms with Gasteiger partial charge in [-0.15, -0.1) is 0 Å². The maximum absolute atomic E-state index is 7.74. The van der Waals surface area contributed by atoms with Crippen LogP contribution in [0.5, 0.6) is 0 Å². The van der Waals surface area contributed by atoms with E-state index in [1.54, 1.807) is 13.3 Å². The molecule has 1 aliphatic rings. The van der Waals surface area contributed by atoms with Crippen LogP contribution < -0.4 is 10.6 Å². The largest absolute Gasteiger partial charge is 0.467 e. The summed E-state index contributed by atoms with van der Waals surface area (Å²) in [4.78, 5) is 0. The Hall–Kier alpha value is -3.27. The third-order valence-corrected chi connectivity index (χ3v) is 6.24. The van der Waals surface area contributed by atoms with E-state index in [0.717, 1.165) is 25.0 Å². The minimum absolute atomic E-state index is 0.305. The fraction of sp³-hybridized carbons (Fsp3) is 0.240. The molecule has 1 aromatic heterocycles. The molecule has 3 N–H and O–H groups in total. The molecule has 0 saturated carbocycles. The molecule has 0 amide bonds. The first-order chi connectivity index (χ1) is 14.2. The molecule has 0 spiro atoms. The van der Waals surface area contributed by atoms with E-state index < -0.39 is 0 Å². The van der Waals surface area contributed by atoms with Crippen LogP contribution in [0.15, 0.2) is 65.3 Å². The van der Waals surface area contributed by atoms with Crippen molar-refractivity contribution in [1.29, 1.82) is 5.41 Å². The molecule has 0 fully saturated rings. The van der Waals surface area contributed by atoms with Gasteiger partial charge in [0, 0.05) is 7.05 Å². The lowest BCUT2D eigenvalue weighted by Gasteiger charge is -2.26. The van der Waals surface area contributed by atoms with Gasteiger partial charge in [-0.25, -0.2) is 0 Å². The van der Waals surface area contributed by atoms with Crippen LogP contribution in [0, 0.1) is 5.41 Å². The van der Waals surface area contributed by atoms with Crippen LogP contribution in [0.25, 0.3) is 21.5 Å². The number of guanidine groups is 1. The Bertz CT molecular complexity index is 1210. The standard InChI is InChI=1S/C25H25N3O/c1-27-25(26)28-15-24-20(12-13-29-24)18-7-6-17-9-10-21-19-5-3-2-4-16(19)8-11-22(21)23(17)14-18/h2-5,8-13,18H,6-7,14-15H2,1H3,(H3,26,27,28). The van der Waals surface area contributed by atoms with Gasteiger partial charge in [0.1, 0.15) is 5.76 Å². The molecule has 1 aliphatic carbocycles. The van der Waals surface area contributed by atoms with Crippen molar-refractivity contribution in [2.45, 2.75) is 31.7 Å². The first kappa shape index (κ1) is 17.8. The Morgan fingerprint density at radius 3 is 2.79 bits per heavy atom. The Balaban J connectivity index is 1.51. The smallest absolute Gasteiger partial charge is 0.188 e. The van der Waals surface area contributed by atoms with E-state index in [4.69, 9.17) is 9.83 Å². The molecule has 0 radical (unpaired) electrons. The molecule has 0 saturated heterocycles. The summed E-state index contributed by atoms with van der Waals surface area (Å²) in [5.74, 6) is 1.68. The SMILES string of the molecule is CNC(=N)NCc1occc1C1CCc2ccc3c(ccc4ccccc43)c2C1. The van der Waals surface area contributed by atoms with Crippen LogP contribution in [0.3, 0.4) is 0 Å². The molecule has 4 heteroatoms. The second-order valence-corrected chi connectivity index (χ2v) is 7.80. The third kappa shape index (κ3) is 3.15. The zero-order valence-electron chi connectivity index (χ0n) is 16.6. The molecule has 5 rings (SSSR count). The number of nitrogens with one attached hydrogen (secondary N) is 3. The molecular weight excluding hydrogens is 358 g/mol. The second kappa shape index (κ2) is 7.28. The first-order valence-corrected chi connectivity index (χ1v) is 10.2. The van der Waals surface area contributed by atoms with Gasteiger partial charge in [-0.3, -0.25) is 5.41 Å². The number of fused-ring (bicyclic) bond motifs is 5. The van der Waals surface area contributed by atoms with E-state index in [2.05, 4.69) is 65.2 Å². The van der Waals surface area contributed by atoms with Crippen molar-refractivity contribution in [3.8, 4) is 0 Å². The van der Waals surface area contributed by atoms with Gasteiger partial charge in [-0.1, -0.05) is 48.5 Å². The molecule has 4 aromatic rings. The lowest BCUT2D eigenvalue weighted by atomic mass is 9.78. The van der Waals surface area contributed by atoms with Crippen molar-refractivity contribution in [2.24, 2.45) is 0 Å². The second-order valence-electron chi connectivity index (χ2n) is 7.80. The molecule has 1 unspecified atom stereocenters. The Morgan fingerprint density at radius 1 is 1.03 bits per heavy atom. The molecule has 4 nitrogen and oxygen atoms in total. The predicted molar refractivity (Wildman–Crippen MR) is 119 cm³/mol. The van der Waals surface area contributed by atoms with Crippen LogP contribution in [0.1, 0.15) is 34.8 Å². The van der Waals surface area contributed by atoms with E-state index >= 15 is 0 Å². The number of benzene rings is 3. The molecule has 0 bridgehead atoms. The lowest BCUT2D eigenvalue weighted by molar-refractivity contribution is 0.483. The minimum atomic E-state index is 0.305. The van der Waals surface area contributed by atoms with Gasteiger partial charge in [0.2, 0.25) is 0 Å². The Labute approximate surface area is 170 Å². The predicted octanol–water partition coefficient (Wildman–Crippen LogP) is 5.10. The summed E-state index contributed by atoms with van der Waals surface area (Å²) >= 11 is 0. The third-order valence-electron chi connectivity index (χ3n) is 6.24. The fourth-order valence-electron chi connectivity index (χ4n) is 4.73. The highest BCUT2D eigenvalue weighted by atomic mass is 16.3. The Kier molecular flexibility index (Phi) is 4.47. The average Bonchev–Trinajstić information content (AvgIpc) is 3.25. The number of rotatable bonds is 3. The van der Waals surface area contributed by atoms with Crippen LogP contribution in [-0.4, -0.2) is 13.0 Å². The molecule has 0 aliphatic heterocycles. The van der Waals surface area contributed by atoms with Crippen molar-refractivity contribution < 1.29 is 4.42 Å². The van der Waals surface area contributed by atoms with Gasteiger partial charge in [0.15, 0.2) is 5.96 Å². The van der Waals surface area contributed by atoms with E-state index in [9.17, 15) is 0 Å². The summed E-state index contributed by atoms with van der Waals surface area (Å²) in [5.41, 5.74) is 4.22. The monoisotopic (exact) mass is 383 g/mol. The fourth-order valence-corrected chi connectivity index (χ4v) is 4.73. The van der Waals surface area contributed by atoms with Gasteiger partial charge < -0.3 is 15.1 Å². The maximum Gasteiger partial charge on any atom is 0.188 e. The quantitative estimate of drug-likeness (QED) is 0.262. The van der Waals surface area contributed by atoms with Crippen molar-refractivity contribution in [3.05, 3.63) is 83.3 Å². The summed E-state index contributed by atoms with van der Waals surface area (Å²) in [7, 11) is 1.74. The van der Waals surface area contributed by atoms with Gasteiger partial charge >= 0.3 is 0 Å². The van der Waals surface area contributed by atoms with E-state index in [1.165, 1.54) is 38.2 Å². The van der Waals surface area contributed by atoms with Gasteiger partial charge in [-0.05, 0) is 69.5 Å². The normalized spacial score (nSPS) is 16.0. The number of furan rings is 1. The average molecular weight is 383 g/mol. The van der Waals surface area contributed by atoms with E-state index in [-0.39, 0.29) is 0 Å². The summed E-state index contributed by atoms with van der Waals surface area (Å²) < 4.78 is 5.76. The summed E-state index contributed by atoms with van der Waals surface area (Å²) in [6.45, 7) is 0.533. The highest BCUT2D eigenvalue weighted by molar-refractivity contribution is 6.08. The molecule has 3 aromatic carbocycles. The minimum Gasteiger partial charge on any atom is -0.467 e. The highest BCUT2D eigenvalue weighted by Gasteiger charge is 2.25. The summed E-state index contributed by atoms with van der Waals surface area (Å²) in [5, 5.41) is 19.0. The van der Waals surface area contributed by atoms with Gasteiger partial charge in [-0.2, -0.15) is 0 Å². The van der Waals surface area contributed by atoms with Gasteiger partial charge in [0.25, 0.3) is 0 Å². The number of hydrogen-bond acceptors (Lipinski definition) is 2. The molecule has 1 atom stereocenters. The van der Waals surface area contributed by atoms with Crippen LogP contribution in [-0.2, 0) is 19.4 Å². The van der Waals surface area contributed by atoms with Crippen molar-refractivity contribution in [2.75, 3.05) is 7.05 Å². The van der Waals surface area contributed by atoms with Crippen LogP contribution >= 0.6 is 0 Å². The number of hydrogen-bond donors (Lipinski definition) is 3. The molecule has 29 heavy (non-hydrogen) atoms. The molecular formula is C25H25N3O. The lowest BCUT2D eigenvalue weighted by Crippen LogP contribution is -2.33. The van der Waals surface area contributed by atoms with E-state index in [1.807, 2.05) is 0 Å². The Morgan fingerprint density at radius 2 is 1.90 bits per heavy atom. The summed E-state index contributed by atoms with van der Waals surface area (Å²) in [6.07, 6.45) is 5.03. The zero-order valence-corrected chi connectivity index (χ0v) is 16.6. The van der Waals surface area contributed by atoms with Crippen molar-refractivity contribution in [3.63, 3.8) is 0 Å². The molecule has 1 heterocycles. The van der Waals surface area contributed by atoms with E-state index in [0.29, 0.717) is 18.4 Å². The van der Waals surface area contributed by atoms with Gasteiger partial charge in [0.05, 0.1) is 12.8 Å². The number of aryl methyl sites for hydroxylation is 1. The highest BCUT2D eigenvalue weighted by Crippen LogP contribution is 2.39. The summed E-state index contributed by atoms with van der Waals surface area (Å²) in [6, 6.07) is 19.9. The zero-order chi connectivity index (χ0) is 19.8.